The molecule has 37 heavy (non-hydrogen) atoms. The number of morpholine rings is 1. The van der Waals surface area contributed by atoms with E-state index in [0.29, 0.717) is 34.9 Å². The van der Waals surface area contributed by atoms with Gasteiger partial charge < -0.3 is 15.4 Å². The van der Waals surface area contributed by atoms with Crippen LogP contribution in [0.1, 0.15) is 0 Å². The van der Waals surface area contributed by atoms with Crippen LogP contribution >= 0.6 is 11.6 Å². The number of nitrogens with one attached hydrogen (secondary N) is 3. The zero-order chi connectivity index (χ0) is 26.0. The average molecular weight is 560 g/mol. The molecule has 5 rings (SSSR count). The highest BCUT2D eigenvalue weighted by molar-refractivity contribution is 7.92. The first-order chi connectivity index (χ1) is 17.7. The van der Waals surface area contributed by atoms with Gasteiger partial charge in [0.15, 0.2) is 17.1 Å². The van der Waals surface area contributed by atoms with E-state index < -0.39 is 25.3 Å². The molecule has 0 radical (unpaired) electrons. The molecule has 3 aromatic carbocycles. The summed E-state index contributed by atoms with van der Waals surface area (Å²) < 4.78 is 60.2. The number of sulfone groups is 1. The minimum absolute atomic E-state index is 0.00742. The van der Waals surface area contributed by atoms with Crippen LogP contribution < -0.4 is 15.4 Å². The monoisotopic (exact) mass is 559 g/mol. The minimum Gasteiger partial charge on any atom is -0.359 e. The third-order valence-electron chi connectivity index (χ3n) is 5.59. The Hall–Kier alpha value is -3.29. The van der Waals surface area contributed by atoms with Gasteiger partial charge in [-0.05, 0) is 54.6 Å². The average Bonchev–Trinajstić information content (AvgIpc) is 2.90. The summed E-state index contributed by atoms with van der Waals surface area (Å²) in [5.74, 6) is 0.0445. The summed E-state index contributed by atoms with van der Waals surface area (Å²) in [6.45, 7) is 1.07. The quantitative estimate of drug-likeness (QED) is 0.310. The Morgan fingerprint density at radius 2 is 1.57 bits per heavy atom. The highest BCUT2D eigenvalue weighted by Gasteiger charge is 2.30. The third-order valence-corrected chi connectivity index (χ3v) is 9.10. The summed E-state index contributed by atoms with van der Waals surface area (Å²) in [6, 6.07) is 18.8. The highest BCUT2D eigenvalue weighted by Crippen LogP contribution is 2.29. The minimum atomic E-state index is -4.03. The van der Waals surface area contributed by atoms with E-state index in [-0.39, 0.29) is 28.0 Å². The maximum atomic E-state index is 13.1. The second kappa shape index (κ2) is 10.2. The van der Waals surface area contributed by atoms with Crippen LogP contribution in [0, 0.1) is 0 Å². The van der Waals surface area contributed by atoms with Crippen molar-refractivity contribution < 1.29 is 21.6 Å². The molecule has 1 atom stereocenters. The Morgan fingerprint density at radius 1 is 0.865 bits per heavy atom. The van der Waals surface area contributed by atoms with Crippen molar-refractivity contribution in [3.8, 4) is 0 Å². The van der Waals surface area contributed by atoms with Crippen molar-refractivity contribution in [2.45, 2.75) is 15.2 Å². The van der Waals surface area contributed by atoms with Crippen LogP contribution in [0.4, 0.5) is 17.3 Å². The van der Waals surface area contributed by atoms with Crippen molar-refractivity contribution >= 4 is 59.8 Å². The van der Waals surface area contributed by atoms with Crippen LogP contribution in [-0.4, -0.2) is 51.9 Å². The van der Waals surface area contributed by atoms with Crippen molar-refractivity contribution in [3.63, 3.8) is 0 Å². The summed E-state index contributed by atoms with van der Waals surface area (Å²) in [4.78, 5) is 9.05. The normalized spacial score (nSPS) is 16.4. The van der Waals surface area contributed by atoms with Crippen molar-refractivity contribution in [1.29, 1.82) is 0 Å². The maximum absolute atomic E-state index is 13.1. The van der Waals surface area contributed by atoms with E-state index in [1.807, 2.05) is 0 Å². The van der Waals surface area contributed by atoms with Gasteiger partial charge >= 0.3 is 0 Å². The predicted octanol–water partition coefficient (Wildman–Crippen LogP) is 3.55. The maximum Gasteiger partial charge on any atom is 0.263 e. The van der Waals surface area contributed by atoms with Crippen molar-refractivity contribution in [2.75, 3.05) is 29.7 Å². The Bertz CT molecular complexity index is 1660. The van der Waals surface area contributed by atoms with E-state index >= 15 is 0 Å². The lowest BCUT2D eigenvalue weighted by Gasteiger charge is -2.23. The van der Waals surface area contributed by atoms with Gasteiger partial charge in [-0.25, -0.2) is 26.8 Å². The molecule has 2 heterocycles. The topological polar surface area (TPSA) is 139 Å². The summed E-state index contributed by atoms with van der Waals surface area (Å²) in [5, 5.41) is 6.44. The fourth-order valence-electron chi connectivity index (χ4n) is 3.74. The van der Waals surface area contributed by atoms with E-state index in [2.05, 4.69) is 25.3 Å². The number of rotatable bonds is 7. The van der Waals surface area contributed by atoms with Gasteiger partial charge in [0.2, 0.25) is 9.84 Å². The Labute approximate surface area is 219 Å². The molecule has 0 bridgehead atoms. The Kier molecular flexibility index (Phi) is 7.01. The number of aromatic nitrogens is 2. The molecule has 10 nitrogen and oxygen atoms in total. The molecule has 1 aliphatic rings. The van der Waals surface area contributed by atoms with E-state index in [0.717, 1.165) is 0 Å². The number of hydrogen-bond acceptors (Lipinski definition) is 9. The molecule has 1 aromatic heterocycles. The smallest absolute Gasteiger partial charge is 0.263 e. The van der Waals surface area contributed by atoms with Gasteiger partial charge in [0, 0.05) is 23.8 Å². The number of benzene rings is 3. The largest absolute Gasteiger partial charge is 0.359 e. The van der Waals surface area contributed by atoms with E-state index in [9.17, 15) is 16.8 Å². The molecule has 0 amide bonds. The van der Waals surface area contributed by atoms with Crippen LogP contribution in [0.15, 0.2) is 82.6 Å². The van der Waals surface area contributed by atoms with Gasteiger partial charge in [-0.15, -0.1) is 0 Å². The van der Waals surface area contributed by atoms with Gasteiger partial charge in [-0.1, -0.05) is 29.8 Å². The van der Waals surface area contributed by atoms with Gasteiger partial charge in [0.25, 0.3) is 10.0 Å². The molecule has 0 aliphatic carbocycles. The molecule has 1 fully saturated rings. The van der Waals surface area contributed by atoms with Crippen LogP contribution in [-0.2, 0) is 24.6 Å². The van der Waals surface area contributed by atoms with Gasteiger partial charge in [0.05, 0.1) is 27.4 Å². The molecule has 0 saturated carbocycles. The van der Waals surface area contributed by atoms with E-state index in [1.165, 1.54) is 36.4 Å². The number of fused-ring (bicyclic) bond motifs is 1. The van der Waals surface area contributed by atoms with Crippen LogP contribution in [0.5, 0.6) is 0 Å². The lowest BCUT2D eigenvalue weighted by molar-refractivity contribution is 0.0785. The van der Waals surface area contributed by atoms with E-state index in [4.69, 9.17) is 16.3 Å². The number of anilines is 3. The number of para-hydroxylation sites is 2. The van der Waals surface area contributed by atoms with Gasteiger partial charge in [-0.2, -0.15) is 0 Å². The molecule has 13 heteroatoms. The molecule has 4 aromatic rings. The second-order valence-corrected chi connectivity index (χ2v) is 12.4. The number of halogens is 1. The summed E-state index contributed by atoms with van der Waals surface area (Å²) in [6.07, 6.45) is 0. The third kappa shape index (κ3) is 5.53. The Morgan fingerprint density at radius 3 is 2.24 bits per heavy atom. The second-order valence-electron chi connectivity index (χ2n) is 8.17. The molecule has 3 N–H and O–H groups in total. The number of nitrogens with zero attached hydrogens (tertiary/aromatic N) is 2. The number of ether oxygens (including phenoxy) is 1. The fraction of sp³-hybridized carbons (Fsp3) is 0.167. The molecular formula is C24H22ClN5O5S2. The first-order valence-corrected chi connectivity index (χ1v) is 14.6. The van der Waals surface area contributed by atoms with Gasteiger partial charge in [0.1, 0.15) is 0 Å². The lowest BCUT2D eigenvalue weighted by atomic mass is 10.3. The molecule has 1 saturated heterocycles. The molecule has 0 spiro atoms. The summed E-state index contributed by atoms with van der Waals surface area (Å²) in [5.41, 5.74) is 0.366. The van der Waals surface area contributed by atoms with E-state index in [1.54, 1.807) is 36.4 Å². The van der Waals surface area contributed by atoms with Crippen molar-refractivity contribution in [3.05, 3.63) is 77.8 Å². The molecular weight excluding hydrogens is 538 g/mol. The standard InChI is InChI=1S/C24H22ClN5O5S2/c25-16-8-10-18(11-9-16)37(33,34)30-24-23(28-20-6-1-2-7-21(20)29-24)27-17-4-3-5-19(14-17)36(31,32)22-15-26-12-13-35-22/h1-11,14,22,26H,12-13,15H2,(H,27,28)(H,29,30). The summed E-state index contributed by atoms with van der Waals surface area (Å²) >= 11 is 5.90. The van der Waals surface area contributed by atoms with Gasteiger partial charge in [-0.3, -0.25) is 4.72 Å². The SMILES string of the molecule is O=S(=O)(Nc1nc2ccccc2nc1Nc1cccc(S(=O)(=O)C2CNCCO2)c1)c1ccc(Cl)cc1. The zero-order valence-electron chi connectivity index (χ0n) is 19.3. The van der Waals surface area contributed by atoms with Crippen molar-refractivity contribution in [2.24, 2.45) is 0 Å². The molecule has 1 aliphatic heterocycles. The lowest BCUT2D eigenvalue weighted by Crippen LogP contribution is -2.43. The van der Waals surface area contributed by atoms with Crippen molar-refractivity contribution in [1.82, 2.24) is 15.3 Å². The van der Waals surface area contributed by atoms with Crippen LogP contribution in [0.25, 0.3) is 11.0 Å². The first kappa shape index (κ1) is 25.4. The number of sulfonamides is 1. The fourth-order valence-corrected chi connectivity index (χ4v) is 6.35. The number of hydrogen-bond donors (Lipinski definition) is 3. The van der Waals surface area contributed by atoms with Crippen LogP contribution in [0.2, 0.25) is 5.02 Å². The molecule has 192 valence electrons. The summed E-state index contributed by atoms with van der Waals surface area (Å²) in [7, 11) is -7.80. The first-order valence-electron chi connectivity index (χ1n) is 11.2. The van der Waals surface area contributed by atoms with Crippen LogP contribution in [0.3, 0.4) is 0 Å². The zero-order valence-corrected chi connectivity index (χ0v) is 21.6. The highest BCUT2D eigenvalue weighted by atomic mass is 35.5. The Balaban J connectivity index is 1.51. The molecule has 1 unspecified atom stereocenters. The predicted molar refractivity (Wildman–Crippen MR) is 141 cm³/mol.